The molecule has 2 aliphatic carbocycles. The maximum atomic E-state index is 12.6. The van der Waals surface area contributed by atoms with E-state index < -0.39 is 0 Å². The summed E-state index contributed by atoms with van der Waals surface area (Å²) in [5.74, 6) is 2.05. The molecule has 0 aliphatic heterocycles. The van der Waals surface area contributed by atoms with Gasteiger partial charge in [0.1, 0.15) is 0 Å². The van der Waals surface area contributed by atoms with Crippen LogP contribution in [0.4, 0.5) is 0 Å². The number of aromatic nitrogens is 2. The molecule has 4 nitrogen and oxygen atoms in total. The van der Waals surface area contributed by atoms with Gasteiger partial charge < -0.3 is 9.88 Å². The number of carbonyl (C=O) groups excluding carboxylic acids is 1. The van der Waals surface area contributed by atoms with Gasteiger partial charge >= 0.3 is 0 Å². The van der Waals surface area contributed by atoms with Crippen molar-refractivity contribution in [2.45, 2.75) is 75.4 Å². The molecule has 0 unspecified atom stereocenters. The predicted octanol–water partition coefficient (Wildman–Crippen LogP) is 4.16. The molecule has 1 amide bonds. The molecule has 1 aromatic heterocycles. The van der Waals surface area contributed by atoms with E-state index in [1.165, 1.54) is 76.0 Å². The highest BCUT2D eigenvalue weighted by molar-refractivity contribution is 7.99. The average Bonchev–Trinajstić information content (AvgIpc) is 3.04. The van der Waals surface area contributed by atoms with E-state index in [0.29, 0.717) is 23.6 Å². The second kappa shape index (κ2) is 8.93. The normalized spacial score (nSPS) is 20.4. The van der Waals surface area contributed by atoms with Crippen molar-refractivity contribution in [3.8, 4) is 0 Å². The van der Waals surface area contributed by atoms with Gasteiger partial charge in [0.2, 0.25) is 5.91 Å². The Morgan fingerprint density at radius 2 is 1.75 bits per heavy atom. The number of amides is 1. The van der Waals surface area contributed by atoms with Crippen LogP contribution in [-0.2, 0) is 11.8 Å². The highest BCUT2D eigenvalue weighted by atomic mass is 32.2. The van der Waals surface area contributed by atoms with E-state index in [9.17, 15) is 4.79 Å². The zero-order chi connectivity index (χ0) is 16.8. The Balaban J connectivity index is 1.57. The molecule has 0 atom stereocenters. The molecule has 0 aromatic carbocycles. The first-order chi connectivity index (χ1) is 11.7. The minimum Gasteiger partial charge on any atom is -0.352 e. The van der Waals surface area contributed by atoms with E-state index in [1.54, 1.807) is 6.20 Å². The number of imidazole rings is 1. The van der Waals surface area contributed by atoms with Gasteiger partial charge in [-0.3, -0.25) is 4.79 Å². The molecule has 0 bridgehead atoms. The summed E-state index contributed by atoms with van der Waals surface area (Å²) in [6.45, 7) is 0. The van der Waals surface area contributed by atoms with Crippen LogP contribution in [0.1, 0.15) is 64.2 Å². The van der Waals surface area contributed by atoms with Crippen molar-refractivity contribution in [3.63, 3.8) is 0 Å². The highest BCUT2D eigenvalue weighted by Gasteiger charge is 2.32. The maximum absolute atomic E-state index is 12.6. The van der Waals surface area contributed by atoms with Gasteiger partial charge in [-0.15, -0.1) is 0 Å². The highest BCUT2D eigenvalue weighted by Crippen LogP contribution is 2.35. The number of nitrogens with zero attached hydrogens (tertiary/aromatic N) is 2. The van der Waals surface area contributed by atoms with Gasteiger partial charge in [0.05, 0.1) is 5.75 Å². The lowest BCUT2D eigenvalue weighted by molar-refractivity contribution is -0.120. The van der Waals surface area contributed by atoms with Gasteiger partial charge in [-0.05, 0) is 37.5 Å². The summed E-state index contributed by atoms with van der Waals surface area (Å²) < 4.78 is 1.97. The van der Waals surface area contributed by atoms with E-state index in [4.69, 9.17) is 0 Å². The Hall–Kier alpha value is -0.970. The molecule has 3 rings (SSSR count). The van der Waals surface area contributed by atoms with Crippen molar-refractivity contribution in [2.75, 3.05) is 5.75 Å². The van der Waals surface area contributed by atoms with Gasteiger partial charge in [-0.25, -0.2) is 4.98 Å². The third-order valence-corrected chi connectivity index (χ3v) is 6.81. The quantitative estimate of drug-likeness (QED) is 0.785. The summed E-state index contributed by atoms with van der Waals surface area (Å²) in [6.07, 6.45) is 17.0. The lowest BCUT2D eigenvalue weighted by Crippen LogP contribution is -2.47. The summed E-state index contributed by atoms with van der Waals surface area (Å²) in [6, 6.07) is 0.403. The first-order valence-electron chi connectivity index (χ1n) is 9.63. The van der Waals surface area contributed by atoms with Crippen LogP contribution in [0.3, 0.4) is 0 Å². The van der Waals surface area contributed by atoms with Crippen LogP contribution in [0, 0.1) is 11.8 Å². The van der Waals surface area contributed by atoms with Crippen LogP contribution in [0.2, 0.25) is 0 Å². The molecule has 0 spiro atoms. The Kier molecular flexibility index (Phi) is 6.64. The lowest BCUT2D eigenvalue weighted by atomic mass is 9.74. The summed E-state index contributed by atoms with van der Waals surface area (Å²) >= 11 is 1.54. The third-order valence-electron chi connectivity index (χ3n) is 5.75. The average molecular weight is 350 g/mol. The van der Waals surface area contributed by atoms with E-state index >= 15 is 0 Å². The third kappa shape index (κ3) is 4.78. The van der Waals surface area contributed by atoms with Gasteiger partial charge in [0.15, 0.2) is 5.16 Å². The summed E-state index contributed by atoms with van der Waals surface area (Å²) in [7, 11) is 1.97. The molecule has 1 N–H and O–H groups in total. The van der Waals surface area contributed by atoms with Crippen LogP contribution in [0.15, 0.2) is 17.6 Å². The number of nitrogens with one attached hydrogen (secondary N) is 1. The van der Waals surface area contributed by atoms with E-state index in [-0.39, 0.29) is 5.91 Å². The first kappa shape index (κ1) is 17.8. The number of rotatable bonds is 6. The molecule has 2 aliphatic rings. The minimum atomic E-state index is 0.184. The molecule has 2 fully saturated rings. The molecular weight excluding hydrogens is 318 g/mol. The van der Waals surface area contributed by atoms with Crippen molar-refractivity contribution in [1.82, 2.24) is 14.9 Å². The molecule has 2 saturated carbocycles. The SMILES string of the molecule is Cn1ccnc1SCC(=O)NC(C1CCCCC1)C1CCCCC1. The van der Waals surface area contributed by atoms with Crippen molar-refractivity contribution >= 4 is 17.7 Å². The molecule has 0 saturated heterocycles. The van der Waals surface area contributed by atoms with Crippen LogP contribution in [-0.4, -0.2) is 27.3 Å². The predicted molar refractivity (Wildman–Crippen MR) is 99.0 cm³/mol. The number of aryl methyl sites for hydroxylation is 1. The van der Waals surface area contributed by atoms with Gasteiger partial charge in [-0.2, -0.15) is 0 Å². The number of hydrogen-bond donors (Lipinski definition) is 1. The van der Waals surface area contributed by atoms with Crippen molar-refractivity contribution in [3.05, 3.63) is 12.4 Å². The number of hydrogen-bond acceptors (Lipinski definition) is 3. The zero-order valence-electron chi connectivity index (χ0n) is 14.9. The molecular formula is C19H31N3OS. The van der Waals surface area contributed by atoms with Gasteiger partial charge in [0, 0.05) is 25.5 Å². The van der Waals surface area contributed by atoms with Crippen molar-refractivity contribution in [1.29, 1.82) is 0 Å². The number of carbonyl (C=O) groups is 1. The zero-order valence-corrected chi connectivity index (χ0v) is 15.7. The Morgan fingerprint density at radius 3 is 2.25 bits per heavy atom. The topological polar surface area (TPSA) is 46.9 Å². The van der Waals surface area contributed by atoms with Gasteiger partial charge in [-0.1, -0.05) is 50.3 Å². The molecule has 1 heterocycles. The standard InChI is InChI=1S/C19H31N3OS/c1-22-13-12-20-19(22)24-14-17(23)21-18(15-8-4-2-5-9-15)16-10-6-3-7-11-16/h12-13,15-16,18H,2-11,14H2,1H3,(H,21,23). The van der Waals surface area contributed by atoms with Crippen LogP contribution in [0.25, 0.3) is 0 Å². The summed E-state index contributed by atoms with van der Waals surface area (Å²) in [5.41, 5.74) is 0. The van der Waals surface area contributed by atoms with Crippen LogP contribution < -0.4 is 5.32 Å². The van der Waals surface area contributed by atoms with E-state index in [0.717, 1.165) is 5.16 Å². The maximum Gasteiger partial charge on any atom is 0.230 e. The summed E-state index contributed by atoms with van der Waals surface area (Å²) in [5, 5.41) is 4.36. The van der Waals surface area contributed by atoms with E-state index in [2.05, 4.69) is 10.3 Å². The smallest absolute Gasteiger partial charge is 0.230 e. The van der Waals surface area contributed by atoms with Crippen LogP contribution >= 0.6 is 11.8 Å². The number of thioether (sulfide) groups is 1. The Bertz CT molecular complexity index is 500. The van der Waals surface area contributed by atoms with Crippen molar-refractivity contribution in [2.24, 2.45) is 18.9 Å². The second-order valence-electron chi connectivity index (χ2n) is 7.50. The largest absolute Gasteiger partial charge is 0.352 e. The fraction of sp³-hybridized carbons (Fsp3) is 0.789. The fourth-order valence-corrected chi connectivity index (χ4v) is 5.20. The Morgan fingerprint density at radius 1 is 1.17 bits per heavy atom. The molecule has 5 heteroatoms. The minimum absolute atomic E-state index is 0.184. The fourth-order valence-electron chi connectivity index (χ4n) is 4.46. The van der Waals surface area contributed by atoms with Crippen LogP contribution in [0.5, 0.6) is 0 Å². The molecule has 134 valence electrons. The first-order valence-corrected chi connectivity index (χ1v) is 10.6. The second-order valence-corrected chi connectivity index (χ2v) is 8.44. The van der Waals surface area contributed by atoms with Gasteiger partial charge in [0.25, 0.3) is 0 Å². The molecule has 1 aromatic rings. The molecule has 24 heavy (non-hydrogen) atoms. The summed E-state index contributed by atoms with van der Waals surface area (Å²) in [4.78, 5) is 16.9. The van der Waals surface area contributed by atoms with E-state index in [1.807, 2.05) is 17.8 Å². The molecule has 0 radical (unpaired) electrons. The lowest BCUT2D eigenvalue weighted by Gasteiger charge is -2.38. The van der Waals surface area contributed by atoms with Crippen molar-refractivity contribution < 1.29 is 4.79 Å². The Labute approximate surface area is 150 Å². The monoisotopic (exact) mass is 349 g/mol.